The summed E-state index contributed by atoms with van der Waals surface area (Å²) in [6.45, 7) is 3.30. The van der Waals surface area contributed by atoms with Crippen LogP contribution in [0.4, 0.5) is 17.6 Å². The first-order valence-corrected chi connectivity index (χ1v) is 9.36. The molecule has 2 atom stereocenters. The molecular weight excluding hydrogens is 386 g/mol. The molecule has 1 fully saturated rings. The molecule has 1 aliphatic rings. The number of aromatic nitrogens is 2. The van der Waals surface area contributed by atoms with Gasteiger partial charge in [0.05, 0.1) is 35.6 Å². The molecule has 1 aliphatic heterocycles. The Bertz CT molecular complexity index is 1030. The maximum Gasteiger partial charge on any atom is 0.416 e. The molecule has 0 aliphatic carbocycles. The molecule has 0 spiro atoms. The number of nitrogens with zero attached hydrogens (tertiary/aromatic N) is 3. The van der Waals surface area contributed by atoms with E-state index in [0.717, 1.165) is 22.7 Å². The van der Waals surface area contributed by atoms with E-state index in [1.807, 2.05) is 34.7 Å². The summed E-state index contributed by atoms with van der Waals surface area (Å²) in [6.07, 6.45) is -3.06. The highest BCUT2D eigenvalue weighted by Crippen LogP contribution is 2.34. The number of rotatable bonds is 3. The lowest BCUT2D eigenvalue weighted by atomic mass is 10.0. The van der Waals surface area contributed by atoms with Crippen molar-refractivity contribution in [3.8, 4) is 0 Å². The number of hydrogen-bond acceptors (Lipinski definition) is 3. The number of benzene rings is 2. The Labute approximate surface area is 165 Å². The fourth-order valence-electron chi connectivity index (χ4n) is 3.79. The molecule has 0 saturated carbocycles. The molecule has 1 saturated heterocycles. The number of fused-ring (bicyclic) bond motifs is 1. The number of alkyl halides is 3. The van der Waals surface area contributed by atoms with E-state index in [-0.39, 0.29) is 12.1 Å². The molecule has 2 heterocycles. The predicted molar refractivity (Wildman–Crippen MR) is 101 cm³/mol. The van der Waals surface area contributed by atoms with Crippen molar-refractivity contribution in [1.29, 1.82) is 0 Å². The maximum atomic E-state index is 13.8. The second-order valence-electron chi connectivity index (χ2n) is 7.40. The molecule has 0 amide bonds. The Kier molecular flexibility index (Phi) is 5.08. The van der Waals surface area contributed by atoms with Gasteiger partial charge >= 0.3 is 6.18 Å². The molecule has 154 valence electrons. The van der Waals surface area contributed by atoms with E-state index in [4.69, 9.17) is 4.74 Å². The highest BCUT2D eigenvalue weighted by Gasteiger charge is 2.33. The number of imidazole rings is 1. The number of ether oxygens (including phenoxy) is 1. The molecular formula is C21H21F4N3O. The number of morpholine rings is 1. The van der Waals surface area contributed by atoms with E-state index in [2.05, 4.69) is 4.98 Å². The van der Waals surface area contributed by atoms with Crippen molar-refractivity contribution in [1.82, 2.24) is 14.5 Å². The molecule has 8 heteroatoms. The smallest absolute Gasteiger partial charge is 0.371 e. The van der Waals surface area contributed by atoms with E-state index >= 15 is 0 Å². The quantitative estimate of drug-likeness (QED) is 0.581. The zero-order valence-corrected chi connectivity index (χ0v) is 16.1. The van der Waals surface area contributed by atoms with Crippen LogP contribution in [0.3, 0.4) is 0 Å². The molecule has 2 unspecified atom stereocenters. The van der Waals surface area contributed by atoms with E-state index in [9.17, 15) is 17.6 Å². The van der Waals surface area contributed by atoms with E-state index < -0.39 is 17.6 Å². The SMILES string of the molecule is CC(c1cc(F)cc(C(F)(F)F)c1)N1CCOC(c2ccc3ncn(C)c3c2)C1. The van der Waals surface area contributed by atoms with Crippen molar-refractivity contribution >= 4 is 11.0 Å². The first-order chi connectivity index (χ1) is 13.7. The summed E-state index contributed by atoms with van der Waals surface area (Å²) >= 11 is 0. The topological polar surface area (TPSA) is 30.3 Å². The van der Waals surface area contributed by atoms with Gasteiger partial charge in [-0.3, -0.25) is 4.90 Å². The van der Waals surface area contributed by atoms with Gasteiger partial charge in [0, 0.05) is 26.2 Å². The van der Waals surface area contributed by atoms with Crippen LogP contribution in [-0.2, 0) is 18.0 Å². The summed E-state index contributed by atoms with van der Waals surface area (Å²) in [7, 11) is 1.91. The monoisotopic (exact) mass is 407 g/mol. The average molecular weight is 407 g/mol. The summed E-state index contributed by atoms with van der Waals surface area (Å²) in [5.74, 6) is -0.881. The van der Waals surface area contributed by atoms with Gasteiger partial charge in [-0.25, -0.2) is 9.37 Å². The Morgan fingerprint density at radius 2 is 1.97 bits per heavy atom. The van der Waals surface area contributed by atoms with E-state index in [1.54, 1.807) is 13.3 Å². The van der Waals surface area contributed by atoms with Crippen LogP contribution in [0.5, 0.6) is 0 Å². The van der Waals surface area contributed by atoms with Crippen molar-refractivity contribution in [3.63, 3.8) is 0 Å². The second-order valence-corrected chi connectivity index (χ2v) is 7.40. The largest absolute Gasteiger partial charge is 0.416 e. The van der Waals surface area contributed by atoms with Crippen LogP contribution in [0.1, 0.15) is 35.8 Å². The van der Waals surface area contributed by atoms with Crippen molar-refractivity contribution in [3.05, 3.63) is 65.2 Å². The lowest BCUT2D eigenvalue weighted by molar-refractivity contribution is -0.137. The molecule has 1 aromatic heterocycles. The molecule has 29 heavy (non-hydrogen) atoms. The van der Waals surface area contributed by atoms with Gasteiger partial charge in [0.2, 0.25) is 0 Å². The van der Waals surface area contributed by atoms with Crippen LogP contribution in [0.2, 0.25) is 0 Å². The van der Waals surface area contributed by atoms with Crippen LogP contribution < -0.4 is 0 Å². The fraction of sp³-hybridized carbons (Fsp3) is 0.381. The van der Waals surface area contributed by atoms with Crippen LogP contribution in [-0.4, -0.2) is 34.1 Å². The lowest BCUT2D eigenvalue weighted by Gasteiger charge is -2.37. The number of hydrogen-bond donors (Lipinski definition) is 0. The van der Waals surface area contributed by atoms with Gasteiger partial charge in [-0.1, -0.05) is 6.07 Å². The van der Waals surface area contributed by atoms with Crippen molar-refractivity contribution < 1.29 is 22.3 Å². The summed E-state index contributed by atoms with van der Waals surface area (Å²) in [5.41, 5.74) is 2.19. The third kappa shape index (κ3) is 4.00. The van der Waals surface area contributed by atoms with Gasteiger partial charge in [-0.2, -0.15) is 13.2 Å². The Morgan fingerprint density at radius 3 is 2.72 bits per heavy atom. The maximum absolute atomic E-state index is 13.8. The Morgan fingerprint density at radius 1 is 1.17 bits per heavy atom. The third-order valence-corrected chi connectivity index (χ3v) is 5.50. The minimum atomic E-state index is -4.58. The molecule has 4 rings (SSSR count). The third-order valence-electron chi connectivity index (χ3n) is 5.50. The first kappa shape index (κ1) is 19.8. The van der Waals surface area contributed by atoms with Gasteiger partial charge in [0.25, 0.3) is 0 Å². The summed E-state index contributed by atoms with van der Waals surface area (Å²) < 4.78 is 60.9. The van der Waals surface area contributed by atoms with Crippen molar-refractivity contribution in [2.75, 3.05) is 19.7 Å². The minimum Gasteiger partial charge on any atom is -0.371 e. The van der Waals surface area contributed by atoms with Gasteiger partial charge < -0.3 is 9.30 Å². The minimum absolute atomic E-state index is 0.221. The summed E-state index contributed by atoms with van der Waals surface area (Å²) in [6, 6.07) is 8.26. The van der Waals surface area contributed by atoms with Crippen molar-refractivity contribution in [2.24, 2.45) is 7.05 Å². The standard InChI is InChI=1S/C21H21F4N3O/c1-13(15-7-16(21(23,24)25)10-17(22)8-15)28-5-6-29-20(11-28)14-3-4-18-19(9-14)27(2)12-26-18/h3-4,7-10,12-13,20H,5-6,11H2,1-2H3. The molecule has 0 bridgehead atoms. The predicted octanol–water partition coefficient (Wildman–Crippen LogP) is 4.87. The van der Waals surface area contributed by atoms with E-state index in [1.165, 1.54) is 6.07 Å². The van der Waals surface area contributed by atoms with Gasteiger partial charge in [0.15, 0.2) is 0 Å². The van der Waals surface area contributed by atoms with Crippen LogP contribution in [0.25, 0.3) is 11.0 Å². The van der Waals surface area contributed by atoms with Crippen LogP contribution in [0.15, 0.2) is 42.7 Å². The van der Waals surface area contributed by atoms with Crippen LogP contribution >= 0.6 is 0 Å². The summed E-state index contributed by atoms with van der Waals surface area (Å²) in [5, 5.41) is 0. The Hall–Kier alpha value is -2.45. The zero-order chi connectivity index (χ0) is 20.8. The molecule has 3 aromatic rings. The normalized spacial score (nSPS) is 19.6. The first-order valence-electron chi connectivity index (χ1n) is 9.36. The second kappa shape index (κ2) is 7.42. The van der Waals surface area contributed by atoms with Crippen LogP contribution in [0, 0.1) is 5.82 Å². The molecule has 2 aromatic carbocycles. The lowest BCUT2D eigenvalue weighted by Crippen LogP contribution is -2.40. The highest BCUT2D eigenvalue weighted by molar-refractivity contribution is 5.76. The average Bonchev–Trinajstić information content (AvgIpc) is 3.06. The Balaban J connectivity index is 1.57. The van der Waals surface area contributed by atoms with Crippen molar-refractivity contribution in [2.45, 2.75) is 25.2 Å². The number of halogens is 4. The van der Waals surface area contributed by atoms with Gasteiger partial charge in [-0.05, 0) is 48.4 Å². The van der Waals surface area contributed by atoms with E-state index in [0.29, 0.717) is 31.3 Å². The van der Waals surface area contributed by atoms with Gasteiger partial charge in [0.1, 0.15) is 5.82 Å². The zero-order valence-electron chi connectivity index (χ0n) is 16.1. The fourth-order valence-corrected chi connectivity index (χ4v) is 3.79. The summed E-state index contributed by atoms with van der Waals surface area (Å²) in [4.78, 5) is 6.33. The molecule has 0 N–H and O–H groups in total. The van der Waals surface area contributed by atoms with Gasteiger partial charge in [-0.15, -0.1) is 0 Å². The molecule has 0 radical (unpaired) electrons. The highest BCUT2D eigenvalue weighted by atomic mass is 19.4. The molecule has 4 nitrogen and oxygen atoms in total. The number of aryl methyl sites for hydroxylation is 1.